The predicted octanol–water partition coefficient (Wildman–Crippen LogP) is 1.60. The maximum absolute atomic E-state index is 14.7. The number of ether oxygens (including phenoxy) is 2. The molecule has 0 aliphatic carbocycles. The average molecular weight is 313 g/mol. The Morgan fingerprint density at radius 2 is 2.18 bits per heavy atom. The van der Waals surface area contributed by atoms with Gasteiger partial charge in [0.15, 0.2) is 5.54 Å². The largest absolute Gasteiger partial charge is 0.493 e. The molecular formula is C13H13F2N3O4. The molecule has 9 heteroatoms. The lowest BCUT2D eigenvalue weighted by Gasteiger charge is -2.39. The number of amidine groups is 1. The highest BCUT2D eigenvalue weighted by molar-refractivity contribution is 5.82. The third-order valence-corrected chi connectivity index (χ3v) is 3.81. The molecule has 2 aliphatic rings. The van der Waals surface area contributed by atoms with Gasteiger partial charge < -0.3 is 15.2 Å². The van der Waals surface area contributed by atoms with Crippen LogP contribution >= 0.6 is 0 Å². The summed E-state index contributed by atoms with van der Waals surface area (Å²) < 4.78 is 39.6. The number of fused-ring (bicyclic) bond motifs is 2. The Bertz CT molecular complexity index is 665. The molecule has 3 rings (SSSR count). The van der Waals surface area contributed by atoms with Crippen molar-refractivity contribution < 1.29 is 23.2 Å². The quantitative estimate of drug-likeness (QED) is 0.627. The first-order valence-corrected chi connectivity index (χ1v) is 6.57. The summed E-state index contributed by atoms with van der Waals surface area (Å²) in [5.41, 5.74) is 3.28. The van der Waals surface area contributed by atoms with Gasteiger partial charge in [-0.25, -0.2) is 8.78 Å². The predicted molar refractivity (Wildman–Crippen MR) is 72.3 cm³/mol. The van der Waals surface area contributed by atoms with Crippen molar-refractivity contribution in [3.63, 3.8) is 0 Å². The molecule has 1 unspecified atom stereocenters. The molecule has 2 N–H and O–H groups in total. The molecule has 22 heavy (non-hydrogen) atoms. The number of alkyl halides is 2. The fraction of sp³-hybridized carbons (Fsp3) is 0.462. The summed E-state index contributed by atoms with van der Waals surface area (Å²) in [6, 6.07) is 3.59. The fourth-order valence-corrected chi connectivity index (χ4v) is 2.78. The Hall–Kier alpha value is -2.29. The van der Waals surface area contributed by atoms with E-state index in [4.69, 9.17) is 15.2 Å². The van der Waals surface area contributed by atoms with Crippen molar-refractivity contribution >= 4 is 11.5 Å². The van der Waals surface area contributed by atoms with Gasteiger partial charge in [-0.3, -0.25) is 15.1 Å². The summed E-state index contributed by atoms with van der Waals surface area (Å²) in [6.45, 7) is -1.06. The number of nitro benzene ring substituents is 1. The highest BCUT2D eigenvalue weighted by Gasteiger charge is 2.59. The minimum absolute atomic E-state index is 0.0111. The van der Waals surface area contributed by atoms with E-state index in [1.807, 2.05) is 0 Å². The summed E-state index contributed by atoms with van der Waals surface area (Å²) in [5.74, 6) is -3.28. The lowest BCUT2D eigenvalue weighted by atomic mass is 9.79. The van der Waals surface area contributed by atoms with Crippen molar-refractivity contribution in [1.29, 1.82) is 0 Å². The van der Waals surface area contributed by atoms with Gasteiger partial charge >= 0.3 is 0 Å². The number of hydrogen-bond donors (Lipinski definition) is 1. The number of halogens is 2. The van der Waals surface area contributed by atoms with Gasteiger partial charge in [-0.15, -0.1) is 0 Å². The summed E-state index contributed by atoms with van der Waals surface area (Å²) in [4.78, 5) is 14.3. The van der Waals surface area contributed by atoms with Crippen molar-refractivity contribution in [2.24, 2.45) is 10.7 Å². The van der Waals surface area contributed by atoms with Gasteiger partial charge in [0.25, 0.3) is 11.6 Å². The molecule has 0 amide bonds. The molecule has 2 aliphatic heterocycles. The van der Waals surface area contributed by atoms with E-state index in [1.165, 1.54) is 12.1 Å². The Kier molecular flexibility index (Phi) is 3.24. The van der Waals surface area contributed by atoms with Gasteiger partial charge in [0.1, 0.15) is 24.8 Å². The van der Waals surface area contributed by atoms with E-state index in [0.717, 1.165) is 6.07 Å². The van der Waals surface area contributed by atoms with Crippen molar-refractivity contribution in [2.45, 2.75) is 17.9 Å². The zero-order chi connectivity index (χ0) is 16.0. The van der Waals surface area contributed by atoms with E-state index in [1.54, 1.807) is 0 Å². The molecule has 1 aromatic carbocycles. The summed E-state index contributed by atoms with van der Waals surface area (Å²) in [5, 5.41) is 10.9. The van der Waals surface area contributed by atoms with Crippen LogP contribution in [0.1, 0.15) is 12.0 Å². The highest BCUT2D eigenvalue weighted by Crippen LogP contribution is 2.51. The van der Waals surface area contributed by atoms with Crippen molar-refractivity contribution in [3.8, 4) is 5.75 Å². The van der Waals surface area contributed by atoms with Crippen LogP contribution in [0.4, 0.5) is 14.5 Å². The van der Waals surface area contributed by atoms with Crippen molar-refractivity contribution in [2.75, 3.05) is 19.8 Å². The fourth-order valence-electron chi connectivity index (χ4n) is 2.78. The zero-order valence-corrected chi connectivity index (χ0v) is 11.4. The van der Waals surface area contributed by atoms with Crippen molar-refractivity contribution in [3.05, 3.63) is 33.9 Å². The van der Waals surface area contributed by atoms with E-state index in [0.29, 0.717) is 0 Å². The lowest BCUT2D eigenvalue weighted by Crippen LogP contribution is -2.49. The van der Waals surface area contributed by atoms with Crippen LogP contribution < -0.4 is 10.5 Å². The second kappa shape index (κ2) is 4.87. The molecule has 1 spiro atoms. The Morgan fingerprint density at radius 1 is 1.41 bits per heavy atom. The SMILES string of the molecule is NC1=NC2(CCOc3ccc([N+](=O)[O-])cc32)C(F)(F)COC1. The minimum atomic E-state index is -3.36. The van der Waals surface area contributed by atoms with E-state index >= 15 is 0 Å². The molecule has 0 saturated heterocycles. The Labute approximate surface area is 123 Å². The molecule has 1 aromatic rings. The standard InChI is InChI=1S/C13H13F2N3O4/c14-13(15)7-21-6-11(16)17-12(13)3-4-22-10-2-1-8(18(19)20)5-9(10)12/h1-2,5H,3-4,6-7H2,(H2,16,17). The summed E-state index contributed by atoms with van der Waals surface area (Å²) in [7, 11) is 0. The first-order valence-electron chi connectivity index (χ1n) is 6.57. The monoisotopic (exact) mass is 313 g/mol. The third-order valence-electron chi connectivity index (χ3n) is 3.81. The summed E-state index contributed by atoms with van der Waals surface area (Å²) in [6.07, 6.45) is -0.141. The number of benzene rings is 1. The molecular weight excluding hydrogens is 300 g/mol. The molecule has 7 nitrogen and oxygen atoms in total. The van der Waals surface area contributed by atoms with Crippen LogP contribution in [0.3, 0.4) is 0 Å². The number of nitrogens with two attached hydrogens (primary N) is 1. The molecule has 0 saturated carbocycles. The van der Waals surface area contributed by atoms with E-state index in [-0.39, 0.29) is 42.5 Å². The van der Waals surface area contributed by atoms with Crippen LogP contribution in [-0.4, -0.2) is 36.5 Å². The van der Waals surface area contributed by atoms with Crippen molar-refractivity contribution in [1.82, 2.24) is 0 Å². The molecule has 0 bridgehead atoms. The normalized spacial score (nSPS) is 26.5. The van der Waals surface area contributed by atoms with Crippen LogP contribution in [0, 0.1) is 10.1 Å². The Morgan fingerprint density at radius 3 is 2.91 bits per heavy atom. The number of rotatable bonds is 1. The van der Waals surface area contributed by atoms with Gasteiger partial charge in [0, 0.05) is 24.1 Å². The average Bonchev–Trinajstić information content (AvgIpc) is 2.56. The second-order valence-corrected chi connectivity index (χ2v) is 5.20. The van der Waals surface area contributed by atoms with Gasteiger partial charge in [-0.2, -0.15) is 0 Å². The molecule has 1 atom stereocenters. The third kappa shape index (κ3) is 2.08. The number of hydrogen-bond acceptors (Lipinski definition) is 6. The number of nitro groups is 1. The van der Waals surface area contributed by atoms with Crippen LogP contribution in [0.25, 0.3) is 0 Å². The Balaban J connectivity index is 2.25. The molecule has 0 aromatic heterocycles. The molecule has 2 heterocycles. The molecule has 118 valence electrons. The smallest absolute Gasteiger partial charge is 0.299 e. The van der Waals surface area contributed by atoms with Crippen LogP contribution in [0.15, 0.2) is 23.2 Å². The van der Waals surface area contributed by atoms with Gasteiger partial charge in [-0.1, -0.05) is 0 Å². The minimum Gasteiger partial charge on any atom is -0.493 e. The second-order valence-electron chi connectivity index (χ2n) is 5.20. The first kappa shape index (κ1) is 14.6. The van der Waals surface area contributed by atoms with Gasteiger partial charge in [0.05, 0.1) is 11.5 Å². The van der Waals surface area contributed by atoms with Crippen LogP contribution in [0.5, 0.6) is 5.75 Å². The number of nitrogens with zero attached hydrogens (tertiary/aromatic N) is 2. The van der Waals surface area contributed by atoms with Gasteiger partial charge in [0.2, 0.25) is 0 Å². The topological polar surface area (TPSA) is 100.0 Å². The number of non-ortho nitro benzene ring substituents is 1. The number of aliphatic imine (C=N–C) groups is 1. The van der Waals surface area contributed by atoms with E-state index in [9.17, 15) is 18.9 Å². The van der Waals surface area contributed by atoms with Crippen LogP contribution in [0.2, 0.25) is 0 Å². The molecule has 0 radical (unpaired) electrons. The molecule has 0 fully saturated rings. The maximum Gasteiger partial charge on any atom is 0.299 e. The maximum atomic E-state index is 14.7. The van der Waals surface area contributed by atoms with E-state index < -0.39 is 23.0 Å². The first-order chi connectivity index (χ1) is 10.4. The summed E-state index contributed by atoms with van der Waals surface area (Å²) >= 11 is 0. The van der Waals surface area contributed by atoms with E-state index in [2.05, 4.69) is 4.99 Å². The highest BCUT2D eigenvalue weighted by atomic mass is 19.3. The lowest BCUT2D eigenvalue weighted by molar-refractivity contribution is -0.385. The van der Waals surface area contributed by atoms with Crippen LogP contribution in [-0.2, 0) is 10.3 Å². The zero-order valence-electron chi connectivity index (χ0n) is 11.4. The van der Waals surface area contributed by atoms with Gasteiger partial charge in [-0.05, 0) is 6.07 Å².